The molecule has 0 amide bonds. The summed E-state index contributed by atoms with van der Waals surface area (Å²) in [5.74, 6) is 0.950. The van der Waals surface area contributed by atoms with Crippen LogP contribution < -0.4 is 10.1 Å². The smallest absolute Gasteiger partial charge is 0.134 e. The van der Waals surface area contributed by atoms with Gasteiger partial charge in [0.1, 0.15) is 5.75 Å². The zero-order valence-electron chi connectivity index (χ0n) is 10.9. The van der Waals surface area contributed by atoms with E-state index in [-0.39, 0.29) is 6.04 Å². The van der Waals surface area contributed by atoms with Gasteiger partial charge >= 0.3 is 0 Å². The number of likely N-dealkylation sites (N-methyl/N-ethyl adjacent to an activating group) is 1. The van der Waals surface area contributed by atoms with Crippen molar-refractivity contribution in [2.24, 2.45) is 0 Å². The SMILES string of the molecule is CNC(Cc1ccc(C)cn1)c1sccc1OC. The highest BCUT2D eigenvalue weighted by Crippen LogP contribution is 2.32. The third-order valence-corrected chi connectivity index (χ3v) is 3.94. The maximum absolute atomic E-state index is 5.37. The molecule has 0 spiro atoms. The molecule has 0 aliphatic heterocycles. The van der Waals surface area contributed by atoms with Crippen molar-refractivity contribution in [1.82, 2.24) is 10.3 Å². The van der Waals surface area contributed by atoms with Crippen LogP contribution in [0.3, 0.4) is 0 Å². The summed E-state index contributed by atoms with van der Waals surface area (Å²) >= 11 is 1.71. The molecule has 0 aliphatic carbocycles. The Morgan fingerprint density at radius 2 is 2.22 bits per heavy atom. The van der Waals surface area contributed by atoms with Crippen LogP contribution in [0, 0.1) is 6.92 Å². The van der Waals surface area contributed by atoms with Crippen LogP contribution >= 0.6 is 11.3 Å². The molecule has 18 heavy (non-hydrogen) atoms. The summed E-state index contributed by atoms with van der Waals surface area (Å²) in [6.07, 6.45) is 2.78. The molecule has 0 radical (unpaired) electrons. The number of hydrogen-bond acceptors (Lipinski definition) is 4. The van der Waals surface area contributed by atoms with Gasteiger partial charge in [0.05, 0.1) is 18.0 Å². The zero-order chi connectivity index (χ0) is 13.0. The first-order chi connectivity index (χ1) is 8.74. The van der Waals surface area contributed by atoms with E-state index >= 15 is 0 Å². The number of thiophene rings is 1. The Bertz CT molecular complexity index is 493. The molecule has 4 heteroatoms. The maximum atomic E-state index is 5.37. The highest BCUT2D eigenvalue weighted by atomic mass is 32.1. The van der Waals surface area contributed by atoms with E-state index in [9.17, 15) is 0 Å². The summed E-state index contributed by atoms with van der Waals surface area (Å²) in [7, 11) is 3.68. The molecule has 0 saturated carbocycles. The lowest BCUT2D eigenvalue weighted by molar-refractivity contribution is 0.405. The number of methoxy groups -OCH3 is 1. The van der Waals surface area contributed by atoms with Gasteiger partial charge in [0, 0.05) is 18.3 Å². The molecule has 2 heterocycles. The number of nitrogens with zero attached hydrogens (tertiary/aromatic N) is 1. The molecule has 0 fully saturated rings. The first kappa shape index (κ1) is 13.1. The van der Waals surface area contributed by atoms with Crippen LogP contribution in [0.2, 0.25) is 0 Å². The summed E-state index contributed by atoms with van der Waals surface area (Å²) in [6.45, 7) is 2.05. The molecule has 1 atom stereocenters. The standard InChI is InChI=1S/C14H18N2OS/c1-10-4-5-11(16-9-10)8-12(15-2)14-13(17-3)6-7-18-14/h4-7,9,12,15H,8H2,1-3H3. The molecule has 1 N–H and O–H groups in total. The first-order valence-electron chi connectivity index (χ1n) is 5.94. The highest BCUT2D eigenvalue weighted by Gasteiger charge is 2.16. The van der Waals surface area contributed by atoms with Crippen LogP contribution in [-0.4, -0.2) is 19.1 Å². The molecule has 0 bridgehead atoms. The number of rotatable bonds is 5. The second-order valence-corrected chi connectivity index (χ2v) is 5.17. The van der Waals surface area contributed by atoms with Gasteiger partial charge in [-0.15, -0.1) is 11.3 Å². The van der Waals surface area contributed by atoms with E-state index in [2.05, 4.69) is 34.7 Å². The largest absolute Gasteiger partial charge is 0.496 e. The Hall–Kier alpha value is -1.39. The van der Waals surface area contributed by atoms with E-state index < -0.39 is 0 Å². The summed E-state index contributed by atoms with van der Waals surface area (Å²) in [4.78, 5) is 5.68. The lowest BCUT2D eigenvalue weighted by Crippen LogP contribution is -2.18. The van der Waals surface area contributed by atoms with Crippen molar-refractivity contribution in [1.29, 1.82) is 0 Å². The van der Waals surface area contributed by atoms with E-state index in [1.165, 1.54) is 10.4 Å². The van der Waals surface area contributed by atoms with Crippen LogP contribution in [0.4, 0.5) is 0 Å². The third kappa shape index (κ3) is 2.89. The summed E-state index contributed by atoms with van der Waals surface area (Å²) < 4.78 is 5.37. The number of ether oxygens (including phenoxy) is 1. The van der Waals surface area contributed by atoms with Gasteiger partial charge in [-0.25, -0.2) is 0 Å². The molecule has 2 aromatic heterocycles. The Labute approximate surface area is 112 Å². The number of hydrogen-bond donors (Lipinski definition) is 1. The van der Waals surface area contributed by atoms with Gasteiger partial charge in [-0.3, -0.25) is 4.98 Å². The predicted octanol–water partition coefficient (Wildman–Crippen LogP) is 2.96. The van der Waals surface area contributed by atoms with Crippen molar-refractivity contribution >= 4 is 11.3 Å². The fourth-order valence-corrected chi connectivity index (χ4v) is 2.86. The van der Waals surface area contributed by atoms with Gasteiger partial charge in [0.15, 0.2) is 0 Å². The van der Waals surface area contributed by atoms with Gasteiger partial charge in [-0.2, -0.15) is 0 Å². The molecule has 1 unspecified atom stereocenters. The monoisotopic (exact) mass is 262 g/mol. The minimum absolute atomic E-state index is 0.246. The van der Waals surface area contributed by atoms with E-state index in [0.29, 0.717) is 0 Å². The van der Waals surface area contributed by atoms with Crippen molar-refractivity contribution < 1.29 is 4.74 Å². The van der Waals surface area contributed by atoms with E-state index in [0.717, 1.165) is 17.9 Å². The van der Waals surface area contributed by atoms with E-state index in [4.69, 9.17) is 4.74 Å². The molecule has 2 aromatic rings. The number of nitrogens with one attached hydrogen (secondary N) is 1. The normalized spacial score (nSPS) is 12.4. The fourth-order valence-electron chi connectivity index (χ4n) is 1.89. The van der Waals surface area contributed by atoms with Crippen molar-refractivity contribution in [3.8, 4) is 5.75 Å². The molecular formula is C14H18N2OS. The third-order valence-electron chi connectivity index (χ3n) is 2.93. The van der Waals surface area contributed by atoms with Gasteiger partial charge in [-0.05, 0) is 37.0 Å². The molecule has 2 rings (SSSR count). The highest BCUT2D eigenvalue weighted by molar-refractivity contribution is 7.10. The molecule has 0 saturated heterocycles. The van der Waals surface area contributed by atoms with Crippen LogP contribution in [0.5, 0.6) is 5.75 Å². The average Bonchev–Trinajstić information content (AvgIpc) is 2.86. The zero-order valence-corrected chi connectivity index (χ0v) is 11.8. The number of aromatic nitrogens is 1. The van der Waals surface area contributed by atoms with Crippen LogP contribution in [0.15, 0.2) is 29.8 Å². The van der Waals surface area contributed by atoms with Gasteiger partial charge in [-0.1, -0.05) is 6.07 Å². The summed E-state index contributed by atoms with van der Waals surface area (Å²) in [6, 6.07) is 6.43. The lowest BCUT2D eigenvalue weighted by Gasteiger charge is -2.15. The second-order valence-electron chi connectivity index (χ2n) is 4.23. The Kier molecular flexibility index (Phi) is 4.33. The minimum atomic E-state index is 0.246. The topological polar surface area (TPSA) is 34.2 Å². The average molecular weight is 262 g/mol. The number of aryl methyl sites for hydroxylation is 1. The quantitative estimate of drug-likeness (QED) is 0.899. The van der Waals surface area contributed by atoms with Crippen molar-refractivity contribution in [2.45, 2.75) is 19.4 Å². The van der Waals surface area contributed by atoms with Crippen LogP contribution in [-0.2, 0) is 6.42 Å². The Morgan fingerprint density at radius 1 is 1.39 bits per heavy atom. The Balaban J connectivity index is 2.17. The van der Waals surface area contributed by atoms with Gasteiger partial charge in [0.2, 0.25) is 0 Å². The fraction of sp³-hybridized carbons (Fsp3) is 0.357. The van der Waals surface area contributed by atoms with Crippen LogP contribution in [0.1, 0.15) is 22.2 Å². The molecule has 96 valence electrons. The minimum Gasteiger partial charge on any atom is -0.496 e. The molecule has 0 aromatic carbocycles. The molecular weight excluding hydrogens is 244 g/mol. The van der Waals surface area contributed by atoms with Crippen molar-refractivity contribution in [3.63, 3.8) is 0 Å². The van der Waals surface area contributed by atoms with Crippen molar-refractivity contribution in [3.05, 3.63) is 45.9 Å². The van der Waals surface area contributed by atoms with E-state index in [1.807, 2.05) is 19.3 Å². The van der Waals surface area contributed by atoms with Crippen LogP contribution in [0.25, 0.3) is 0 Å². The summed E-state index contributed by atoms with van der Waals surface area (Å²) in [5, 5.41) is 5.39. The van der Waals surface area contributed by atoms with Gasteiger partial charge in [0.25, 0.3) is 0 Å². The first-order valence-corrected chi connectivity index (χ1v) is 6.82. The van der Waals surface area contributed by atoms with E-state index in [1.54, 1.807) is 18.4 Å². The maximum Gasteiger partial charge on any atom is 0.134 e. The Morgan fingerprint density at radius 3 is 2.83 bits per heavy atom. The van der Waals surface area contributed by atoms with Crippen molar-refractivity contribution in [2.75, 3.05) is 14.2 Å². The predicted molar refractivity (Wildman–Crippen MR) is 75.3 cm³/mol. The lowest BCUT2D eigenvalue weighted by atomic mass is 10.1. The molecule has 0 aliphatic rings. The number of pyridine rings is 1. The summed E-state index contributed by atoms with van der Waals surface area (Å²) in [5.41, 5.74) is 2.28. The van der Waals surface area contributed by atoms with Gasteiger partial charge < -0.3 is 10.1 Å². The molecule has 3 nitrogen and oxygen atoms in total. The second kappa shape index (κ2) is 5.98.